The molecule has 178 valence electrons. The van der Waals surface area contributed by atoms with Gasteiger partial charge in [0.1, 0.15) is 5.75 Å². The Labute approximate surface area is 208 Å². The Hall–Kier alpha value is -2.70. The lowest BCUT2D eigenvalue weighted by molar-refractivity contribution is -0.113. The van der Waals surface area contributed by atoms with Crippen molar-refractivity contribution in [3.8, 4) is 0 Å². The van der Waals surface area contributed by atoms with E-state index >= 15 is 0 Å². The van der Waals surface area contributed by atoms with Crippen LogP contribution in [0.2, 0.25) is 10.0 Å². The summed E-state index contributed by atoms with van der Waals surface area (Å²) >= 11 is 10.5. The molecule has 13 heteroatoms. The topological polar surface area (TPSA) is 136 Å². The molecule has 3 aromatic rings. The number of carbonyl (C=O) groups is 1. The van der Waals surface area contributed by atoms with Crippen molar-refractivity contribution in [1.82, 2.24) is 9.46 Å². The van der Waals surface area contributed by atoms with E-state index < -0.39 is 38.6 Å². The molecule has 0 fully saturated rings. The summed E-state index contributed by atoms with van der Waals surface area (Å²) in [5.41, 5.74) is 0.278. The van der Waals surface area contributed by atoms with Gasteiger partial charge in [-0.05, 0) is 35.4 Å². The van der Waals surface area contributed by atoms with Gasteiger partial charge >= 0.3 is 0 Å². The molecule has 2 N–H and O–H groups in total. The molecular formula is C21H17Cl2N3O6S2. The predicted octanol–water partition coefficient (Wildman–Crippen LogP) is 3.93. The molecule has 1 unspecified atom stereocenters. The summed E-state index contributed by atoms with van der Waals surface area (Å²) in [6.07, 6.45) is 0. The average Bonchev–Trinajstić information content (AvgIpc) is 3.21. The van der Waals surface area contributed by atoms with Crippen molar-refractivity contribution in [3.05, 3.63) is 81.2 Å². The number of nitrogens with one attached hydrogen (secondary N) is 1. The van der Waals surface area contributed by atoms with Gasteiger partial charge in [0, 0.05) is 24.2 Å². The number of aromatic nitrogens is 1. The Bertz CT molecular complexity index is 1410. The van der Waals surface area contributed by atoms with Crippen molar-refractivity contribution in [1.29, 1.82) is 0 Å². The molecule has 2 heterocycles. The molecule has 0 saturated heterocycles. The van der Waals surface area contributed by atoms with Crippen molar-refractivity contribution < 1.29 is 27.4 Å². The van der Waals surface area contributed by atoms with Gasteiger partial charge < -0.3 is 19.5 Å². The lowest BCUT2D eigenvalue weighted by Crippen LogP contribution is -2.37. The monoisotopic (exact) mass is 541 g/mol. The Morgan fingerprint density at radius 2 is 1.91 bits per heavy atom. The zero-order valence-electron chi connectivity index (χ0n) is 17.5. The zero-order chi connectivity index (χ0) is 24.6. The molecule has 1 amide bonds. The smallest absolute Gasteiger partial charge is 0.278 e. The highest BCUT2D eigenvalue weighted by Crippen LogP contribution is 2.34. The van der Waals surface area contributed by atoms with Crippen LogP contribution in [0.5, 0.6) is 0 Å². The van der Waals surface area contributed by atoms with E-state index in [1.807, 2.05) is 0 Å². The molecule has 34 heavy (non-hydrogen) atoms. The fourth-order valence-corrected chi connectivity index (χ4v) is 6.15. The van der Waals surface area contributed by atoms with Gasteiger partial charge in [-0.3, -0.25) is 9.10 Å². The van der Waals surface area contributed by atoms with E-state index in [4.69, 9.17) is 27.7 Å². The molecule has 1 aliphatic rings. The second kappa shape index (κ2) is 9.51. The van der Waals surface area contributed by atoms with Crippen molar-refractivity contribution in [2.45, 2.75) is 16.4 Å². The molecule has 0 aliphatic carbocycles. The first kappa shape index (κ1) is 24.4. The van der Waals surface area contributed by atoms with Gasteiger partial charge in [0.05, 0.1) is 14.9 Å². The van der Waals surface area contributed by atoms with Crippen LogP contribution in [0.4, 0.5) is 5.82 Å². The Morgan fingerprint density at radius 1 is 1.18 bits per heavy atom. The van der Waals surface area contributed by atoms with Gasteiger partial charge in [-0.2, -0.15) is 0 Å². The van der Waals surface area contributed by atoms with Crippen molar-refractivity contribution >= 4 is 61.9 Å². The third-order valence-corrected chi connectivity index (χ3v) is 8.77. The number of fused-ring (bicyclic) bond motifs is 1. The zero-order valence-corrected chi connectivity index (χ0v) is 20.6. The third-order valence-electron chi connectivity index (χ3n) is 4.95. The Balaban J connectivity index is 1.47. The van der Waals surface area contributed by atoms with Crippen LogP contribution >= 0.6 is 23.2 Å². The van der Waals surface area contributed by atoms with Gasteiger partial charge in [-0.1, -0.05) is 46.6 Å². The summed E-state index contributed by atoms with van der Waals surface area (Å²) in [4.78, 5) is 12.7. The maximum Gasteiger partial charge on any atom is 0.278 e. The van der Waals surface area contributed by atoms with Crippen LogP contribution < -0.4 is 5.32 Å². The summed E-state index contributed by atoms with van der Waals surface area (Å²) < 4.78 is 43.8. The van der Waals surface area contributed by atoms with E-state index in [0.29, 0.717) is 14.4 Å². The highest BCUT2D eigenvalue weighted by Gasteiger charge is 2.38. The molecule has 0 radical (unpaired) electrons. The van der Waals surface area contributed by atoms with Crippen LogP contribution in [0.3, 0.4) is 0 Å². The number of hydrogen-bond acceptors (Lipinski definition) is 7. The third kappa shape index (κ3) is 4.75. The summed E-state index contributed by atoms with van der Waals surface area (Å²) in [7, 11) is -2.87. The first-order chi connectivity index (χ1) is 16.1. The van der Waals surface area contributed by atoms with E-state index in [0.717, 1.165) is 12.6 Å². The maximum atomic E-state index is 12.8. The molecule has 0 bridgehead atoms. The Kier molecular flexibility index (Phi) is 6.83. The fourth-order valence-electron chi connectivity index (χ4n) is 3.32. The van der Waals surface area contributed by atoms with Crippen LogP contribution in [0.15, 0.2) is 63.6 Å². The van der Waals surface area contributed by atoms with Crippen molar-refractivity contribution in [2.24, 2.45) is 0 Å². The predicted molar refractivity (Wildman–Crippen MR) is 128 cm³/mol. The minimum Gasteiger partial charge on any atom is -0.616 e. The SMILES string of the molecule is CN1C(C(=O)Nc2cc(C[S+]([O-])Cc3ccc(Cl)c(Cl)c3)on2)=C(O)c2ccccc2S1(=O)=O. The number of nitrogens with zero attached hydrogens (tertiary/aromatic N) is 2. The summed E-state index contributed by atoms with van der Waals surface area (Å²) in [6.45, 7) is 0. The molecule has 2 aromatic carbocycles. The number of aliphatic hydroxyl groups excluding tert-OH is 1. The molecular weight excluding hydrogens is 525 g/mol. The number of sulfonamides is 1. The molecule has 1 aromatic heterocycles. The maximum absolute atomic E-state index is 12.8. The number of hydrogen-bond donors (Lipinski definition) is 2. The van der Waals surface area contributed by atoms with E-state index in [2.05, 4.69) is 10.5 Å². The number of likely N-dealkylation sites (N-methyl/N-ethyl adjacent to an activating group) is 1. The van der Waals surface area contributed by atoms with Gasteiger partial charge in [0.25, 0.3) is 15.9 Å². The highest BCUT2D eigenvalue weighted by atomic mass is 35.5. The second-order valence-corrected chi connectivity index (χ2v) is 11.5. The molecule has 1 atom stereocenters. The van der Waals surface area contributed by atoms with E-state index in [-0.39, 0.29) is 33.5 Å². The number of amides is 1. The second-order valence-electron chi connectivity index (χ2n) is 7.28. The standard InChI is InChI=1S/C21H17Cl2N3O6S2/c1-26-19(20(27)14-4-2-3-5-17(14)34(26,30)31)21(28)24-18-9-13(32-25-18)11-33(29)10-12-6-7-15(22)16(23)8-12/h2-9,27H,10-11H2,1H3,(H,24,25,28). The minimum atomic E-state index is -4.03. The number of halogens is 2. The lowest BCUT2D eigenvalue weighted by atomic mass is 10.1. The normalized spacial score (nSPS) is 15.7. The number of anilines is 1. The van der Waals surface area contributed by atoms with Crippen LogP contribution in [-0.2, 0) is 37.5 Å². The van der Waals surface area contributed by atoms with E-state index in [1.54, 1.807) is 24.3 Å². The first-order valence-electron chi connectivity index (χ1n) is 9.65. The molecule has 4 rings (SSSR count). The van der Waals surface area contributed by atoms with Crippen LogP contribution in [-0.4, -0.2) is 40.5 Å². The number of aliphatic hydroxyl groups is 1. The largest absolute Gasteiger partial charge is 0.616 e. The molecule has 9 nitrogen and oxygen atoms in total. The van der Waals surface area contributed by atoms with Gasteiger partial charge in [-0.15, -0.1) is 0 Å². The molecule has 1 aliphatic heterocycles. The number of carbonyl (C=O) groups excluding carboxylic acids is 1. The quantitative estimate of drug-likeness (QED) is 0.451. The average molecular weight is 542 g/mol. The van der Waals surface area contributed by atoms with E-state index in [1.165, 1.54) is 24.3 Å². The highest BCUT2D eigenvalue weighted by molar-refractivity contribution is 7.90. The summed E-state index contributed by atoms with van der Waals surface area (Å²) in [6, 6.07) is 12.1. The van der Waals surface area contributed by atoms with E-state index in [9.17, 15) is 22.9 Å². The van der Waals surface area contributed by atoms with Crippen molar-refractivity contribution in [3.63, 3.8) is 0 Å². The van der Waals surface area contributed by atoms with Gasteiger partial charge in [0.15, 0.2) is 28.8 Å². The van der Waals surface area contributed by atoms with Gasteiger partial charge in [-0.25, -0.2) is 8.42 Å². The van der Waals surface area contributed by atoms with Crippen molar-refractivity contribution in [2.75, 3.05) is 12.4 Å². The summed E-state index contributed by atoms with van der Waals surface area (Å²) in [5.74, 6) is -0.981. The van der Waals surface area contributed by atoms with Crippen LogP contribution in [0.1, 0.15) is 16.9 Å². The number of rotatable bonds is 6. The summed E-state index contributed by atoms with van der Waals surface area (Å²) in [5, 5.41) is 17.5. The Morgan fingerprint density at radius 3 is 2.65 bits per heavy atom. The first-order valence-corrected chi connectivity index (χ1v) is 13.3. The van der Waals surface area contributed by atoms with Gasteiger partial charge in [0.2, 0.25) is 0 Å². The molecule has 0 saturated carbocycles. The van der Waals surface area contributed by atoms with Crippen LogP contribution in [0, 0.1) is 0 Å². The molecule has 0 spiro atoms. The minimum absolute atomic E-state index is 0.0126. The fraction of sp³-hybridized carbons (Fsp3) is 0.143. The van der Waals surface area contributed by atoms with Crippen LogP contribution in [0.25, 0.3) is 5.76 Å². The number of benzene rings is 2. The lowest BCUT2D eigenvalue weighted by Gasteiger charge is -2.28.